The fourth-order valence-corrected chi connectivity index (χ4v) is 3.73. The van der Waals surface area contributed by atoms with Crippen LogP contribution < -0.4 is 0 Å². The molecule has 1 aliphatic rings. The van der Waals surface area contributed by atoms with E-state index in [1.54, 1.807) is 12.1 Å². The number of imidazole rings is 1. The van der Waals surface area contributed by atoms with Gasteiger partial charge in [-0.2, -0.15) is 0 Å². The number of aryl methyl sites for hydroxylation is 1. The highest BCUT2D eigenvalue weighted by Crippen LogP contribution is 2.27. The fourth-order valence-electron chi connectivity index (χ4n) is 3.73. The molecule has 1 atom stereocenters. The second-order valence-corrected chi connectivity index (χ2v) is 7.58. The molecule has 1 aromatic heterocycles. The van der Waals surface area contributed by atoms with Crippen molar-refractivity contribution in [3.63, 3.8) is 0 Å². The maximum absolute atomic E-state index is 12.9. The number of nitrogens with zero attached hydrogens (tertiary/aromatic N) is 4. The molecule has 1 N–H and O–H groups in total. The predicted molar refractivity (Wildman–Crippen MR) is 106 cm³/mol. The van der Waals surface area contributed by atoms with Gasteiger partial charge in [-0.15, -0.1) is 0 Å². The monoisotopic (exact) mass is 370 g/mol. The molecule has 1 fully saturated rings. The van der Waals surface area contributed by atoms with E-state index in [1.807, 2.05) is 23.2 Å². The molecule has 1 saturated heterocycles. The Kier molecular flexibility index (Phi) is 6.63. The first-order valence-corrected chi connectivity index (χ1v) is 9.73. The number of carbonyl (C=O) groups is 1. The quantitative estimate of drug-likeness (QED) is 0.813. The lowest BCUT2D eigenvalue weighted by Gasteiger charge is -2.33. The number of benzene rings is 1. The molecule has 0 radical (unpaired) electrons. The number of hydrogen-bond donors (Lipinski definition) is 1. The molecule has 1 amide bonds. The predicted octanol–water partition coefficient (Wildman–Crippen LogP) is 2.35. The maximum atomic E-state index is 12.9. The Morgan fingerprint density at radius 2 is 2.07 bits per heavy atom. The zero-order valence-corrected chi connectivity index (χ0v) is 16.3. The Labute approximate surface area is 161 Å². The van der Waals surface area contributed by atoms with Gasteiger partial charge in [-0.05, 0) is 57.6 Å². The number of likely N-dealkylation sites (tertiary alicyclic amines) is 1. The summed E-state index contributed by atoms with van der Waals surface area (Å²) in [5.41, 5.74) is 1.50. The number of hydrogen-bond acceptors (Lipinski definition) is 4. The van der Waals surface area contributed by atoms with Gasteiger partial charge in [0.05, 0.1) is 6.61 Å². The standard InChI is InChI=1S/C21H30N4O2/c1-23(2)11-4-13-24-14-10-22-20(24)19-5-3-12-25(15-19)21(27)18-8-6-17(16-26)7-9-18/h6-10,14,19,26H,3-5,11-13,15-16H2,1-2H3. The number of amides is 1. The first-order valence-electron chi connectivity index (χ1n) is 9.73. The molecule has 3 rings (SSSR count). The van der Waals surface area contributed by atoms with E-state index in [0.717, 1.165) is 50.3 Å². The van der Waals surface area contributed by atoms with Crippen LogP contribution in [0, 0.1) is 0 Å². The van der Waals surface area contributed by atoms with E-state index in [0.29, 0.717) is 12.1 Å². The Morgan fingerprint density at radius 3 is 2.78 bits per heavy atom. The third-order valence-electron chi connectivity index (χ3n) is 5.21. The average Bonchev–Trinajstić information content (AvgIpc) is 3.16. The molecular formula is C21H30N4O2. The molecule has 2 heterocycles. The summed E-state index contributed by atoms with van der Waals surface area (Å²) in [6.07, 6.45) is 7.08. The number of aliphatic hydroxyl groups is 1. The molecule has 1 unspecified atom stereocenters. The zero-order chi connectivity index (χ0) is 19.2. The fraction of sp³-hybridized carbons (Fsp3) is 0.524. The third-order valence-corrected chi connectivity index (χ3v) is 5.21. The van der Waals surface area contributed by atoms with Crippen LogP contribution in [0.1, 0.15) is 46.9 Å². The summed E-state index contributed by atoms with van der Waals surface area (Å²) >= 11 is 0. The average molecular weight is 370 g/mol. The summed E-state index contributed by atoms with van der Waals surface area (Å²) in [7, 11) is 4.18. The van der Waals surface area contributed by atoms with Crippen LogP contribution in [0.15, 0.2) is 36.7 Å². The van der Waals surface area contributed by atoms with Crippen molar-refractivity contribution < 1.29 is 9.90 Å². The molecule has 6 heteroatoms. The molecule has 0 spiro atoms. The SMILES string of the molecule is CN(C)CCCn1ccnc1C1CCCN(C(=O)c2ccc(CO)cc2)C1. The lowest BCUT2D eigenvalue weighted by atomic mass is 9.96. The highest BCUT2D eigenvalue weighted by atomic mass is 16.3. The minimum Gasteiger partial charge on any atom is -0.392 e. The van der Waals surface area contributed by atoms with Crippen LogP contribution in [-0.4, -0.2) is 64.1 Å². The van der Waals surface area contributed by atoms with Crippen molar-refractivity contribution >= 4 is 5.91 Å². The summed E-state index contributed by atoms with van der Waals surface area (Å²) < 4.78 is 2.25. The molecular weight excluding hydrogens is 340 g/mol. The Hall–Kier alpha value is -2.18. The van der Waals surface area contributed by atoms with Gasteiger partial charge in [-0.25, -0.2) is 4.98 Å². The molecule has 146 valence electrons. The third kappa shape index (κ3) is 4.96. The summed E-state index contributed by atoms with van der Waals surface area (Å²) in [6.45, 7) is 3.51. The molecule has 2 aromatic rings. The van der Waals surface area contributed by atoms with E-state index in [1.165, 1.54) is 0 Å². The van der Waals surface area contributed by atoms with E-state index >= 15 is 0 Å². The van der Waals surface area contributed by atoms with Crippen LogP contribution in [0.2, 0.25) is 0 Å². The largest absolute Gasteiger partial charge is 0.392 e. The summed E-state index contributed by atoms with van der Waals surface area (Å²) in [6, 6.07) is 7.23. The first kappa shape index (κ1) is 19.6. The van der Waals surface area contributed by atoms with E-state index in [9.17, 15) is 4.79 Å². The van der Waals surface area contributed by atoms with Gasteiger partial charge in [-0.1, -0.05) is 12.1 Å². The lowest BCUT2D eigenvalue weighted by molar-refractivity contribution is 0.0703. The van der Waals surface area contributed by atoms with Crippen molar-refractivity contribution in [2.24, 2.45) is 0 Å². The van der Waals surface area contributed by atoms with Crippen molar-refractivity contribution in [3.8, 4) is 0 Å². The van der Waals surface area contributed by atoms with E-state index in [-0.39, 0.29) is 18.4 Å². The van der Waals surface area contributed by atoms with Gasteiger partial charge >= 0.3 is 0 Å². The highest BCUT2D eigenvalue weighted by Gasteiger charge is 2.28. The molecule has 6 nitrogen and oxygen atoms in total. The normalized spacial score (nSPS) is 17.5. The Balaban J connectivity index is 1.65. The summed E-state index contributed by atoms with van der Waals surface area (Å²) in [5.74, 6) is 1.45. The summed E-state index contributed by atoms with van der Waals surface area (Å²) in [5, 5.41) is 9.17. The second kappa shape index (κ2) is 9.15. The van der Waals surface area contributed by atoms with Gasteiger partial charge < -0.3 is 19.5 Å². The lowest BCUT2D eigenvalue weighted by Crippen LogP contribution is -2.39. The number of aliphatic hydroxyl groups excluding tert-OH is 1. The first-order chi connectivity index (χ1) is 13.1. The van der Waals surface area contributed by atoms with Gasteiger partial charge in [0.1, 0.15) is 5.82 Å². The highest BCUT2D eigenvalue weighted by molar-refractivity contribution is 5.94. The number of rotatable bonds is 7. The number of aromatic nitrogens is 2. The van der Waals surface area contributed by atoms with Crippen molar-refractivity contribution in [1.29, 1.82) is 0 Å². The molecule has 27 heavy (non-hydrogen) atoms. The van der Waals surface area contributed by atoms with Crippen LogP contribution in [0.4, 0.5) is 0 Å². The topological polar surface area (TPSA) is 61.6 Å². The van der Waals surface area contributed by atoms with E-state index in [2.05, 4.69) is 34.7 Å². The van der Waals surface area contributed by atoms with Crippen LogP contribution in [0.5, 0.6) is 0 Å². The minimum atomic E-state index is -0.00323. The number of carbonyl (C=O) groups excluding carboxylic acids is 1. The van der Waals surface area contributed by atoms with Crippen molar-refractivity contribution in [2.75, 3.05) is 33.7 Å². The molecule has 0 saturated carbocycles. The maximum Gasteiger partial charge on any atom is 0.253 e. The molecule has 1 aliphatic heterocycles. The van der Waals surface area contributed by atoms with Crippen molar-refractivity contribution in [3.05, 3.63) is 53.6 Å². The van der Waals surface area contributed by atoms with Gasteiger partial charge in [0.2, 0.25) is 0 Å². The number of piperidine rings is 1. The van der Waals surface area contributed by atoms with Gasteiger partial charge in [-0.3, -0.25) is 4.79 Å². The second-order valence-electron chi connectivity index (χ2n) is 7.58. The Bertz CT molecular complexity index is 739. The molecule has 1 aromatic carbocycles. The Morgan fingerprint density at radius 1 is 1.30 bits per heavy atom. The van der Waals surface area contributed by atoms with Gasteiger partial charge in [0, 0.05) is 43.5 Å². The minimum absolute atomic E-state index is 0.00323. The molecule has 0 aliphatic carbocycles. The zero-order valence-electron chi connectivity index (χ0n) is 16.3. The van der Waals surface area contributed by atoms with Crippen LogP contribution in [0.3, 0.4) is 0 Å². The smallest absolute Gasteiger partial charge is 0.253 e. The van der Waals surface area contributed by atoms with Crippen LogP contribution >= 0.6 is 0 Å². The van der Waals surface area contributed by atoms with Gasteiger partial charge in [0.25, 0.3) is 5.91 Å². The van der Waals surface area contributed by atoms with Crippen molar-refractivity contribution in [2.45, 2.75) is 38.3 Å². The van der Waals surface area contributed by atoms with Crippen LogP contribution in [-0.2, 0) is 13.2 Å². The summed E-state index contributed by atoms with van der Waals surface area (Å²) in [4.78, 5) is 21.6. The van der Waals surface area contributed by atoms with E-state index < -0.39 is 0 Å². The molecule has 0 bridgehead atoms. The van der Waals surface area contributed by atoms with Crippen molar-refractivity contribution in [1.82, 2.24) is 19.4 Å². The van der Waals surface area contributed by atoms with E-state index in [4.69, 9.17) is 5.11 Å². The van der Waals surface area contributed by atoms with Gasteiger partial charge in [0.15, 0.2) is 0 Å². The van der Waals surface area contributed by atoms with Crippen LogP contribution in [0.25, 0.3) is 0 Å².